The van der Waals surface area contributed by atoms with Gasteiger partial charge in [-0.15, -0.1) is 0 Å². The van der Waals surface area contributed by atoms with E-state index in [1.807, 2.05) is 7.05 Å². The fourth-order valence-electron chi connectivity index (χ4n) is 2.76. The molecular weight excluding hydrogens is 234 g/mol. The van der Waals surface area contributed by atoms with Crippen LogP contribution >= 0.6 is 0 Å². The molecule has 19 heavy (non-hydrogen) atoms. The van der Waals surface area contributed by atoms with Gasteiger partial charge in [-0.2, -0.15) is 0 Å². The summed E-state index contributed by atoms with van der Waals surface area (Å²) < 4.78 is 0. The molecule has 1 aliphatic rings. The van der Waals surface area contributed by atoms with Crippen molar-refractivity contribution in [1.29, 1.82) is 0 Å². The molecule has 0 spiro atoms. The van der Waals surface area contributed by atoms with Crippen LogP contribution in [0.5, 0.6) is 0 Å². The molecule has 0 bridgehead atoms. The number of nitrogens with zero attached hydrogens (tertiary/aromatic N) is 2. The van der Waals surface area contributed by atoms with Gasteiger partial charge < -0.3 is 10.2 Å². The fourth-order valence-corrected chi connectivity index (χ4v) is 2.76. The molecule has 106 valence electrons. The second-order valence-electron chi connectivity index (χ2n) is 5.87. The van der Waals surface area contributed by atoms with Crippen molar-refractivity contribution in [3.63, 3.8) is 0 Å². The summed E-state index contributed by atoms with van der Waals surface area (Å²) in [5.74, 6) is 0. The maximum Gasteiger partial charge on any atom is 0.0367 e. The molecule has 1 heterocycles. The van der Waals surface area contributed by atoms with E-state index in [4.69, 9.17) is 0 Å². The molecule has 0 aliphatic carbocycles. The molecule has 3 unspecified atom stereocenters. The Balaban J connectivity index is 2.10. The lowest BCUT2D eigenvalue weighted by Gasteiger charge is -2.43. The molecule has 3 heteroatoms. The number of piperazine rings is 1. The van der Waals surface area contributed by atoms with E-state index in [0.717, 1.165) is 13.1 Å². The van der Waals surface area contributed by atoms with E-state index >= 15 is 0 Å². The van der Waals surface area contributed by atoms with E-state index in [1.165, 1.54) is 11.3 Å². The van der Waals surface area contributed by atoms with Gasteiger partial charge in [-0.1, -0.05) is 12.1 Å². The first kappa shape index (κ1) is 14.4. The molecule has 0 saturated carbocycles. The Labute approximate surface area is 117 Å². The SMILES string of the molecule is CNC(C)c1ccc(N2CC(C)N(C)C(C)C2)cc1. The van der Waals surface area contributed by atoms with Crippen molar-refractivity contribution in [2.45, 2.75) is 38.9 Å². The third kappa shape index (κ3) is 3.10. The predicted molar refractivity (Wildman–Crippen MR) is 82.8 cm³/mol. The Hall–Kier alpha value is -1.06. The molecule has 1 N–H and O–H groups in total. The van der Waals surface area contributed by atoms with Crippen LogP contribution in [0.2, 0.25) is 0 Å². The Morgan fingerprint density at radius 1 is 1.11 bits per heavy atom. The minimum absolute atomic E-state index is 0.416. The highest BCUT2D eigenvalue weighted by molar-refractivity contribution is 5.49. The average molecular weight is 261 g/mol. The first-order valence-corrected chi connectivity index (χ1v) is 7.27. The zero-order valence-electron chi connectivity index (χ0n) is 12.9. The summed E-state index contributed by atoms with van der Waals surface area (Å²) in [4.78, 5) is 4.97. The maximum atomic E-state index is 3.28. The van der Waals surface area contributed by atoms with Gasteiger partial charge in [-0.05, 0) is 52.6 Å². The van der Waals surface area contributed by atoms with Crippen LogP contribution in [0.15, 0.2) is 24.3 Å². The largest absolute Gasteiger partial charge is 0.368 e. The number of likely N-dealkylation sites (N-methyl/N-ethyl adjacent to an activating group) is 1. The number of nitrogens with one attached hydrogen (secondary N) is 1. The second kappa shape index (κ2) is 5.93. The lowest BCUT2D eigenvalue weighted by molar-refractivity contribution is 0.170. The van der Waals surface area contributed by atoms with Gasteiger partial charge in [-0.3, -0.25) is 4.90 Å². The summed E-state index contributed by atoms with van der Waals surface area (Å²) in [6.45, 7) is 9.03. The van der Waals surface area contributed by atoms with E-state index in [1.54, 1.807) is 0 Å². The lowest BCUT2D eigenvalue weighted by Crippen LogP contribution is -2.55. The van der Waals surface area contributed by atoms with Gasteiger partial charge in [0.25, 0.3) is 0 Å². The summed E-state index contributed by atoms with van der Waals surface area (Å²) in [5, 5.41) is 3.28. The molecule has 3 nitrogen and oxygen atoms in total. The molecule has 1 aliphatic heterocycles. The topological polar surface area (TPSA) is 18.5 Å². The number of benzene rings is 1. The summed E-state index contributed by atoms with van der Waals surface area (Å²) in [6, 6.07) is 10.6. The number of anilines is 1. The van der Waals surface area contributed by atoms with Crippen LogP contribution < -0.4 is 10.2 Å². The fraction of sp³-hybridized carbons (Fsp3) is 0.625. The minimum atomic E-state index is 0.416. The third-order valence-electron chi connectivity index (χ3n) is 4.55. The van der Waals surface area contributed by atoms with E-state index in [-0.39, 0.29) is 0 Å². The zero-order chi connectivity index (χ0) is 14.0. The Bertz CT molecular complexity index is 389. The Morgan fingerprint density at radius 2 is 1.63 bits per heavy atom. The molecule has 1 fully saturated rings. The third-order valence-corrected chi connectivity index (χ3v) is 4.55. The first-order chi connectivity index (χ1) is 9.02. The highest BCUT2D eigenvalue weighted by Gasteiger charge is 2.26. The zero-order valence-corrected chi connectivity index (χ0v) is 12.9. The van der Waals surface area contributed by atoms with Crippen LogP contribution in [-0.4, -0.2) is 44.2 Å². The quantitative estimate of drug-likeness (QED) is 0.902. The number of hydrogen-bond acceptors (Lipinski definition) is 3. The van der Waals surface area contributed by atoms with Crippen molar-refractivity contribution in [1.82, 2.24) is 10.2 Å². The summed E-state index contributed by atoms with van der Waals surface area (Å²) in [5.41, 5.74) is 2.69. The van der Waals surface area contributed by atoms with E-state index < -0.39 is 0 Å². The molecule has 0 radical (unpaired) electrons. The van der Waals surface area contributed by atoms with Crippen LogP contribution in [0, 0.1) is 0 Å². The molecular formula is C16H27N3. The van der Waals surface area contributed by atoms with Crippen LogP contribution in [0.1, 0.15) is 32.4 Å². The summed E-state index contributed by atoms with van der Waals surface area (Å²) in [6.07, 6.45) is 0. The molecule has 1 aromatic rings. The van der Waals surface area contributed by atoms with Gasteiger partial charge in [0.15, 0.2) is 0 Å². The van der Waals surface area contributed by atoms with Gasteiger partial charge in [0.2, 0.25) is 0 Å². The summed E-state index contributed by atoms with van der Waals surface area (Å²) in [7, 11) is 4.23. The first-order valence-electron chi connectivity index (χ1n) is 7.27. The van der Waals surface area contributed by atoms with Crippen molar-refractivity contribution in [2.75, 3.05) is 32.1 Å². The minimum Gasteiger partial charge on any atom is -0.368 e. The van der Waals surface area contributed by atoms with Crippen molar-refractivity contribution in [2.24, 2.45) is 0 Å². The van der Waals surface area contributed by atoms with Crippen molar-refractivity contribution in [3.05, 3.63) is 29.8 Å². The van der Waals surface area contributed by atoms with Crippen LogP contribution in [0.25, 0.3) is 0 Å². The summed E-state index contributed by atoms with van der Waals surface area (Å²) >= 11 is 0. The molecule has 0 amide bonds. The Kier molecular flexibility index (Phi) is 4.48. The van der Waals surface area contributed by atoms with Crippen LogP contribution in [0.3, 0.4) is 0 Å². The van der Waals surface area contributed by atoms with Crippen LogP contribution in [-0.2, 0) is 0 Å². The van der Waals surface area contributed by atoms with Crippen molar-refractivity contribution >= 4 is 5.69 Å². The van der Waals surface area contributed by atoms with Gasteiger partial charge in [0.1, 0.15) is 0 Å². The molecule has 1 aromatic carbocycles. The highest BCUT2D eigenvalue weighted by atomic mass is 15.3. The predicted octanol–water partition coefficient (Wildman–Crippen LogP) is 2.50. The maximum absolute atomic E-state index is 3.28. The normalized spacial score (nSPS) is 26.5. The lowest BCUT2D eigenvalue weighted by atomic mass is 10.1. The van der Waals surface area contributed by atoms with Gasteiger partial charge in [0.05, 0.1) is 0 Å². The van der Waals surface area contributed by atoms with E-state index in [2.05, 4.69) is 67.2 Å². The van der Waals surface area contributed by atoms with Crippen molar-refractivity contribution < 1.29 is 0 Å². The van der Waals surface area contributed by atoms with Gasteiger partial charge >= 0.3 is 0 Å². The molecule has 3 atom stereocenters. The van der Waals surface area contributed by atoms with Gasteiger partial charge in [-0.25, -0.2) is 0 Å². The van der Waals surface area contributed by atoms with E-state index in [9.17, 15) is 0 Å². The smallest absolute Gasteiger partial charge is 0.0367 e. The second-order valence-corrected chi connectivity index (χ2v) is 5.87. The highest BCUT2D eigenvalue weighted by Crippen LogP contribution is 2.23. The van der Waals surface area contributed by atoms with Crippen LogP contribution in [0.4, 0.5) is 5.69 Å². The Morgan fingerprint density at radius 3 is 2.11 bits per heavy atom. The average Bonchev–Trinajstić information content (AvgIpc) is 2.43. The monoisotopic (exact) mass is 261 g/mol. The van der Waals surface area contributed by atoms with Crippen molar-refractivity contribution in [3.8, 4) is 0 Å². The number of hydrogen-bond donors (Lipinski definition) is 1. The van der Waals surface area contributed by atoms with E-state index in [0.29, 0.717) is 18.1 Å². The number of rotatable bonds is 3. The molecule has 2 rings (SSSR count). The van der Waals surface area contributed by atoms with Gasteiger partial charge in [0, 0.05) is 36.9 Å². The molecule has 1 saturated heterocycles. The standard InChI is InChI=1S/C16H27N3/c1-12-10-19(11-13(2)18(12)5)16-8-6-15(7-9-16)14(3)17-4/h6-9,12-14,17H,10-11H2,1-5H3. The molecule has 0 aromatic heterocycles.